The largest absolute Gasteiger partial charge is 0.556 e. The predicted octanol–water partition coefficient (Wildman–Crippen LogP) is -0.493. The van der Waals surface area contributed by atoms with E-state index in [4.69, 9.17) is 0 Å². The topological polar surface area (TPSA) is 121 Å². The van der Waals surface area contributed by atoms with E-state index < -0.39 is 24.5 Å². The van der Waals surface area contributed by atoms with Crippen molar-refractivity contribution >= 4 is 24.5 Å². The Balaban J connectivity index is 2.84. The molecule has 116 valence electrons. The van der Waals surface area contributed by atoms with Crippen LogP contribution in [0.25, 0.3) is 10.9 Å². The fourth-order valence-electron chi connectivity index (χ4n) is 2.41. The number of hydrogen-bond acceptors (Lipinski definition) is 6. The Bertz CT molecular complexity index is 600. The molecule has 6 nitrogen and oxygen atoms in total. The van der Waals surface area contributed by atoms with Crippen LogP contribution in [0, 0.1) is 0 Å². The molecule has 0 fully saturated rings. The smallest absolute Gasteiger partial charge is 0.400 e. The quantitative estimate of drug-likeness (QED) is 0.335. The van der Waals surface area contributed by atoms with Gasteiger partial charge in [-0.25, -0.2) is 0 Å². The molecule has 0 aliphatic rings. The summed E-state index contributed by atoms with van der Waals surface area (Å²) in [5.41, 5.74) is -0.840. The fraction of sp³-hybridized carbons (Fsp3) is 0. The molecule has 0 radical (unpaired) electrons. The van der Waals surface area contributed by atoms with E-state index in [1.807, 2.05) is 0 Å². The first-order valence-electron chi connectivity index (χ1n) is 6.70. The van der Waals surface area contributed by atoms with E-state index in [0.29, 0.717) is 0 Å². The molecule has 6 N–H and O–H groups in total. The van der Waals surface area contributed by atoms with Gasteiger partial charge in [0.25, 0.3) is 0 Å². The van der Waals surface area contributed by atoms with Crippen molar-refractivity contribution in [1.82, 2.24) is 0 Å². The van der Waals surface area contributed by atoms with Crippen LogP contribution in [0.3, 0.4) is 0 Å². The Morgan fingerprint density at radius 2 is 0.773 bits per heavy atom. The van der Waals surface area contributed by atoms with Crippen LogP contribution >= 0.6 is 0 Å². The van der Waals surface area contributed by atoms with Crippen LogP contribution in [-0.2, 0) is 0 Å². The lowest BCUT2D eigenvalue weighted by Crippen LogP contribution is -2.44. The lowest BCUT2D eigenvalue weighted by atomic mass is 9.54. The summed E-state index contributed by atoms with van der Waals surface area (Å²) in [6.07, 6.45) is 0. The third-order valence-corrected chi connectivity index (χ3v) is 3.23. The van der Waals surface area contributed by atoms with Gasteiger partial charge in [0.1, 0.15) is 0 Å². The van der Waals surface area contributed by atoms with Gasteiger partial charge in [0.15, 0.2) is 0 Å². The van der Waals surface area contributed by atoms with E-state index in [1.54, 1.807) is 36.4 Å². The van der Waals surface area contributed by atoms with Gasteiger partial charge in [-0.1, -0.05) is 71.8 Å². The van der Waals surface area contributed by atoms with Crippen molar-refractivity contribution in [3.8, 4) is 0 Å². The minimum Gasteiger partial charge on any atom is -0.556 e. The fourth-order valence-corrected chi connectivity index (χ4v) is 2.41. The first-order chi connectivity index (χ1) is 10.2. The molecule has 0 aliphatic heterocycles. The highest BCUT2D eigenvalue weighted by Gasteiger charge is 2.32. The van der Waals surface area contributed by atoms with Gasteiger partial charge in [-0.3, -0.25) is 0 Å². The maximum absolute atomic E-state index is 9.72. The molecule has 2 aromatic carbocycles. The van der Waals surface area contributed by atoms with E-state index >= 15 is 0 Å². The molecule has 0 unspecified atom stereocenters. The van der Waals surface area contributed by atoms with Crippen LogP contribution in [0.5, 0.6) is 0 Å². The summed E-state index contributed by atoms with van der Waals surface area (Å²) in [6.45, 7) is -8.19. The minimum absolute atomic E-state index is 0.136. The Morgan fingerprint density at radius 1 is 0.500 bits per heavy atom. The third-order valence-electron chi connectivity index (χ3n) is 3.23. The van der Waals surface area contributed by atoms with Gasteiger partial charge in [-0.05, 0) is 0 Å². The number of rotatable bonds is 4. The number of benzene rings is 2. The Labute approximate surface area is 127 Å². The summed E-state index contributed by atoms with van der Waals surface area (Å²) < 4.78 is 0. The zero-order valence-corrected chi connectivity index (χ0v) is 11.6. The Morgan fingerprint density at radius 3 is 1.00 bits per heavy atom. The summed E-state index contributed by atoms with van der Waals surface area (Å²) in [7, 11) is 0. The molecule has 0 bridgehead atoms. The summed E-state index contributed by atoms with van der Waals surface area (Å²) in [5.74, 6) is 0. The molecule has 0 saturated carbocycles. The molecule has 22 heavy (non-hydrogen) atoms. The molecular formula is C14H16B2O6-2. The second-order valence-electron chi connectivity index (χ2n) is 5.03. The highest BCUT2D eigenvalue weighted by molar-refractivity contribution is 6.90. The molecule has 0 spiro atoms. The average molecular weight is 302 g/mol. The van der Waals surface area contributed by atoms with Crippen LogP contribution in [-0.4, -0.2) is 43.7 Å². The Kier molecular flexibility index (Phi) is 4.52. The van der Waals surface area contributed by atoms with Crippen LogP contribution in [0.2, 0.25) is 0 Å². The van der Waals surface area contributed by atoms with E-state index in [-0.39, 0.29) is 11.1 Å². The van der Waals surface area contributed by atoms with Crippen molar-refractivity contribution in [2.75, 3.05) is 0 Å². The zero-order valence-electron chi connectivity index (χ0n) is 11.6. The van der Waals surface area contributed by atoms with E-state index in [9.17, 15) is 30.1 Å². The summed E-state index contributed by atoms with van der Waals surface area (Å²) in [5, 5.41) is 58.3. The first-order valence-corrected chi connectivity index (χ1v) is 6.70. The molecule has 8 heteroatoms. The van der Waals surface area contributed by atoms with Gasteiger partial charge in [0.2, 0.25) is 0 Å². The predicted molar refractivity (Wildman–Crippen MR) is 84.5 cm³/mol. The summed E-state index contributed by atoms with van der Waals surface area (Å²) in [6, 6.07) is 15.4. The molecule has 2 rings (SSSR count). The molecule has 2 aromatic rings. The van der Waals surface area contributed by atoms with Gasteiger partial charge in [0.05, 0.1) is 0 Å². The van der Waals surface area contributed by atoms with Gasteiger partial charge < -0.3 is 30.1 Å². The van der Waals surface area contributed by atoms with E-state index in [1.165, 1.54) is 24.3 Å². The maximum atomic E-state index is 9.72. The van der Waals surface area contributed by atoms with Crippen LogP contribution in [0.4, 0.5) is 0 Å². The first kappa shape index (κ1) is 16.4. The van der Waals surface area contributed by atoms with Crippen LogP contribution in [0.1, 0.15) is 11.1 Å². The molecule has 0 aromatic heterocycles. The maximum Gasteiger partial charge on any atom is 0.400 e. The number of hydrogen-bond donors (Lipinski definition) is 6. The van der Waals surface area contributed by atoms with Crippen LogP contribution < -0.4 is 0 Å². The van der Waals surface area contributed by atoms with Gasteiger partial charge in [-0.2, -0.15) is 0 Å². The van der Waals surface area contributed by atoms with Crippen molar-refractivity contribution in [1.29, 1.82) is 0 Å². The SMILES string of the molecule is O[B-](O)(O)/C(=C(\c1ccccc1)[B-](O)(O)O)c1ccccc1. The highest BCUT2D eigenvalue weighted by atomic mass is 16.6. The minimum atomic E-state index is -4.10. The molecule has 0 heterocycles. The van der Waals surface area contributed by atoms with Crippen molar-refractivity contribution in [3.05, 3.63) is 71.8 Å². The Hall–Kier alpha value is -1.93. The average Bonchev–Trinajstić information content (AvgIpc) is 2.44. The van der Waals surface area contributed by atoms with Crippen LogP contribution in [0.15, 0.2) is 60.7 Å². The molecular weight excluding hydrogens is 286 g/mol. The molecule has 0 atom stereocenters. The normalized spacial score (nSPS) is 13.7. The van der Waals surface area contributed by atoms with Crippen molar-refractivity contribution < 1.29 is 30.1 Å². The monoisotopic (exact) mass is 302 g/mol. The summed E-state index contributed by atoms with van der Waals surface area (Å²) >= 11 is 0. The van der Waals surface area contributed by atoms with Gasteiger partial charge in [-0.15, -0.1) is 10.9 Å². The standard InChI is InChI=1S/C14H16B2O6/c17-15(18,19)13(11-7-3-1-4-8-11)14(16(20,21)22)12-9-5-2-6-10-12/h1-10,17-22H/q-2/b14-13+. The highest BCUT2D eigenvalue weighted by Crippen LogP contribution is 2.33. The lowest BCUT2D eigenvalue weighted by Gasteiger charge is -2.37. The molecule has 0 aliphatic carbocycles. The summed E-state index contributed by atoms with van der Waals surface area (Å²) in [4.78, 5) is 0. The van der Waals surface area contributed by atoms with Crippen molar-refractivity contribution in [2.24, 2.45) is 0 Å². The van der Waals surface area contributed by atoms with Crippen molar-refractivity contribution in [2.45, 2.75) is 0 Å². The van der Waals surface area contributed by atoms with Gasteiger partial charge in [0, 0.05) is 0 Å². The second-order valence-corrected chi connectivity index (χ2v) is 5.03. The van der Waals surface area contributed by atoms with Crippen molar-refractivity contribution in [3.63, 3.8) is 0 Å². The molecule has 0 amide bonds. The zero-order chi connectivity index (χ0) is 16.4. The third kappa shape index (κ3) is 3.63. The second kappa shape index (κ2) is 6.05. The van der Waals surface area contributed by atoms with E-state index in [0.717, 1.165) is 0 Å². The lowest BCUT2D eigenvalue weighted by molar-refractivity contribution is 0.244. The van der Waals surface area contributed by atoms with E-state index in [2.05, 4.69) is 0 Å². The van der Waals surface area contributed by atoms with Gasteiger partial charge >= 0.3 is 13.5 Å². The molecule has 0 saturated heterocycles.